The SMILES string of the molecule is CC1CCC=N1.Cl. The molecule has 0 aliphatic carbocycles. The third-order valence-electron chi connectivity index (χ3n) is 1.07. The first-order valence-corrected chi connectivity index (χ1v) is 2.41. The van der Waals surface area contributed by atoms with Gasteiger partial charge in [0.1, 0.15) is 0 Å². The average Bonchev–Trinajstić information content (AvgIpc) is 1.86. The zero-order valence-electron chi connectivity index (χ0n) is 4.42. The van der Waals surface area contributed by atoms with E-state index in [9.17, 15) is 0 Å². The highest BCUT2D eigenvalue weighted by Gasteiger charge is 2.00. The molecule has 0 aromatic rings. The van der Waals surface area contributed by atoms with Crippen molar-refractivity contribution in [2.75, 3.05) is 0 Å². The lowest BCUT2D eigenvalue weighted by Gasteiger charge is -1.88. The van der Waals surface area contributed by atoms with Crippen LogP contribution in [0.2, 0.25) is 0 Å². The summed E-state index contributed by atoms with van der Waals surface area (Å²) in [6.07, 6.45) is 4.46. The lowest BCUT2D eigenvalue weighted by atomic mass is 10.2. The molecule has 1 unspecified atom stereocenters. The summed E-state index contributed by atoms with van der Waals surface area (Å²) in [5, 5.41) is 0. The van der Waals surface area contributed by atoms with Crippen LogP contribution in [-0.4, -0.2) is 12.3 Å². The molecule has 1 atom stereocenters. The predicted molar refractivity (Wildman–Crippen MR) is 34.4 cm³/mol. The second-order valence-electron chi connectivity index (χ2n) is 1.76. The molecule has 7 heavy (non-hydrogen) atoms. The Morgan fingerprint density at radius 1 is 1.71 bits per heavy atom. The van der Waals surface area contributed by atoms with Crippen LogP contribution in [0.4, 0.5) is 0 Å². The molecule has 1 rings (SSSR count). The molecule has 1 heterocycles. The maximum atomic E-state index is 4.11. The lowest BCUT2D eigenvalue weighted by Crippen LogP contribution is -1.86. The summed E-state index contributed by atoms with van der Waals surface area (Å²) in [7, 11) is 0. The molecular formula is C5H10ClN. The van der Waals surface area contributed by atoms with Gasteiger partial charge in [0, 0.05) is 6.04 Å². The van der Waals surface area contributed by atoms with E-state index in [1.54, 1.807) is 0 Å². The van der Waals surface area contributed by atoms with Crippen molar-refractivity contribution in [1.29, 1.82) is 0 Å². The summed E-state index contributed by atoms with van der Waals surface area (Å²) in [6, 6.07) is 0.616. The number of nitrogens with zero attached hydrogens (tertiary/aromatic N) is 1. The Kier molecular flexibility index (Phi) is 3.01. The van der Waals surface area contributed by atoms with Crippen LogP contribution in [0.1, 0.15) is 19.8 Å². The van der Waals surface area contributed by atoms with E-state index >= 15 is 0 Å². The first-order chi connectivity index (χ1) is 2.89. The van der Waals surface area contributed by atoms with Crippen molar-refractivity contribution in [2.24, 2.45) is 4.99 Å². The molecule has 0 saturated heterocycles. The summed E-state index contributed by atoms with van der Waals surface area (Å²) in [4.78, 5) is 4.11. The van der Waals surface area contributed by atoms with Crippen molar-refractivity contribution in [3.63, 3.8) is 0 Å². The highest BCUT2D eigenvalue weighted by Crippen LogP contribution is 2.04. The van der Waals surface area contributed by atoms with Gasteiger partial charge in [0.15, 0.2) is 0 Å². The van der Waals surface area contributed by atoms with Crippen molar-refractivity contribution in [3.8, 4) is 0 Å². The number of hydrogen-bond acceptors (Lipinski definition) is 1. The van der Waals surface area contributed by atoms with E-state index in [1.165, 1.54) is 12.8 Å². The zero-order valence-corrected chi connectivity index (χ0v) is 5.24. The fourth-order valence-electron chi connectivity index (χ4n) is 0.645. The Morgan fingerprint density at radius 2 is 2.43 bits per heavy atom. The van der Waals surface area contributed by atoms with Gasteiger partial charge in [0.2, 0.25) is 0 Å². The van der Waals surface area contributed by atoms with Crippen molar-refractivity contribution in [1.82, 2.24) is 0 Å². The molecule has 0 aromatic heterocycles. The third-order valence-corrected chi connectivity index (χ3v) is 1.07. The number of aliphatic imine (C=N–C) groups is 1. The molecule has 0 bridgehead atoms. The van der Waals surface area contributed by atoms with Gasteiger partial charge >= 0.3 is 0 Å². The largest absolute Gasteiger partial charge is 0.294 e. The minimum atomic E-state index is 0. The highest BCUT2D eigenvalue weighted by atomic mass is 35.5. The second-order valence-corrected chi connectivity index (χ2v) is 1.76. The summed E-state index contributed by atoms with van der Waals surface area (Å²) in [6.45, 7) is 2.14. The van der Waals surface area contributed by atoms with E-state index in [0.717, 1.165) is 0 Å². The van der Waals surface area contributed by atoms with E-state index in [0.29, 0.717) is 6.04 Å². The first-order valence-electron chi connectivity index (χ1n) is 2.41. The van der Waals surface area contributed by atoms with E-state index in [2.05, 4.69) is 11.9 Å². The van der Waals surface area contributed by atoms with Crippen LogP contribution in [0.3, 0.4) is 0 Å². The van der Waals surface area contributed by atoms with Crippen LogP contribution >= 0.6 is 12.4 Å². The van der Waals surface area contributed by atoms with Gasteiger partial charge in [-0.25, -0.2) is 0 Å². The topological polar surface area (TPSA) is 12.4 Å². The molecule has 0 saturated carbocycles. The summed E-state index contributed by atoms with van der Waals surface area (Å²) < 4.78 is 0. The molecule has 0 fully saturated rings. The molecule has 42 valence electrons. The number of hydrogen-bond donors (Lipinski definition) is 0. The second kappa shape index (κ2) is 3.03. The van der Waals surface area contributed by atoms with Crippen LogP contribution in [0, 0.1) is 0 Å². The minimum absolute atomic E-state index is 0. The highest BCUT2D eigenvalue weighted by molar-refractivity contribution is 5.85. The van der Waals surface area contributed by atoms with Gasteiger partial charge in [-0.15, -0.1) is 12.4 Å². The fraction of sp³-hybridized carbons (Fsp3) is 0.800. The first kappa shape index (κ1) is 6.96. The van der Waals surface area contributed by atoms with E-state index in [-0.39, 0.29) is 12.4 Å². The quantitative estimate of drug-likeness (QED) is 0.460. The van der Waals surface area contributed by atoms with Gasteiger partial charge in [-0.05, 0) is 26.0 Å². The molecule has 0 amide bonds. The Balaban J connectivity index is 0.000000360. The van der Waals surface area contributed by atoms with Crippen LogP contribution < -0.4 is 0 Å². The van der Waals surface area contributed by atoms with Gasteiger partial charge in [-0.2, -0.15) is 0 Å². The van der Waals surface area contributed by atoms with Gasteiger partial charge in [0.25, 0.3) is 0 Å². The third kappa shape index (κ3) is 1.93. The smallest absolute Gasteiger partial charge is 0.0471 e. The van der Waals surface area contributed by atoms with Crippen molar-refractivity contribution < 1.29 is 0 Å². The minimum Gasteiger partial charge on any atom is -0.294 e. The van der Waals surface area contributed by atoms with Crippen molar-refractivity contribution >= 4 is 18.6 Å². The maximum Gasteiger partial charge on any atom is 0.0471 e. The standard InChI is InChI=1S/C5H9N.ClH/c1-5-3-2-4-6-5;/h4-5H,2-3H2,1H3;1H. The molecule has 1 nitrogen and oxygen atoms in total. The summed E-state index contributed by atoms with van der Waals surface area (Å²) >= 11 is 0. The fourth-order valence-corrected chi connectivity index (χ4v) is 0.645. The van der Waals surface area contributed by atoms with Gasteiger partial charge in [-0.1, -0.05) is 0 Å². The van der Waals surface area contributed by atoms with Gasteiger partial charge in [0.05, 0.1) is 0 Å². The van der Waals surface area contributed by atoms with Gasteiger partial charge < -0.3 is 0 Å². The molecule has 0 aromatic carbocycles. The molecule has 1 aliphatic heterocycles. The van der Waals surface area contributed by atoms with Crippen LogP contribution in [-0.2, 0) is 0 Å². The van der Waals surface area contributed by atoms with E-state index in [1.807, 2.05) is 6.21 Å². The molecule has 1 aliphatic rings. The van der Waals surface area contributed by atoms with Gasteiger partial charge in [-0.3, -0.25) is 4.99 Å². The lowest BCUT2D eigenvalue weighted by molar-refractivity contribution is 0.739. The summed E-state index contributed by atoms with van der Waals surface area (Å²) in [5.41, 5.74) is 0. The van der Waals surface area contributed by atoms with Crippen LogP contribution in [0.25, 0.3) is 0 Å². The maximum absolute atomic E-state index is 4.11. The van der Waals surface area contributed by atoms with E-state index in [4.69, 9.17) is 0 Å². The molecule has 0 N–H and O–H groups in total. The van der Waals surface area contributed by atoms with Crippen LogP contribution in [0.15, 0.2) is 4.99 Å². The van der Waals surface area contributed by atoms with Crippen LogP contribution in [0.5, 0.6) is 0 Å². The molecular weight excluding hydrogens is 110 g/mol. The molecule has 0 radical (unpaired) electrons. The number of rotatable bonds is 0. The van der Waals surface area contributed by atoms with Crippen molar-refractivity contribution in [3.05, 3.63) is 0 Å². The Bertz CT molecular complexity index is 70.5. The monoisotopic (exact) mass is 119 g/mol. The Labute approximate surface area is 50.2 Å². The molecule has 0 spiro atoms. The normalized spacial score (nSPS) is 27.3. The van der Waals surface area contributed by atoms with E-state index < -0.39 is 0 Å². The Morgan fingerprint density at radius 3 is 2.57 bits per heavy atom. The van der Waals surface area contributed by atoms with Crippen molar-refractivity contribution in [2.45, 2.75) is 25.8 Å². The Hall–Kier alpha value is -0.0400. The zero-order chi connectivity index (χ0) is 4.41. The summed E-state index contributed by atoms with van der Waals surface area (Å²) in [5.74, 6) is 0. The molecule has 2 heteroatoms. The number of halogens is 1. The predicted octanol–water partition coefficient (Wildman–Crippen LogP) is 1.66. The average molecular weight is 120 g/mol.